The van der Waals surface area contributed by atoms with E-state index in [2.05, 4.69) is 0 Å². The smallest absolute Gasteiger partial charge is 0.550 e. The molecule has 0 radical (unpaired) electrons. The molecule has 0 bridgehead atoms. The molecular formula is C13H22Na2O4S4. The number of rotatable bonds is 16. The molecule has 0 N–H and O–H groups in total. The molecule has 0 rings (SSSR count). The van der Waals surface area contributed by atoms with Crippen LogP contribution in [0.5, 0.6) is 0 Å². The predicted molar refractivity (Wildman–Crippen MR) is 93.2 cm³/mol. The molecule has 0 unspecified atom stereocenters. The van der Waals surface area contributed by atoms with Crippen LogP contribution in [-0.2, 0) is 9.59 Å². The van der Waals surface area contributed by atoms with Crippen molar-refractivity contribution in [3.05, 3.63) is 0 Å². The Morgan fingerprint density at radius 2 is 0.870 bits per heavy atom. The van der Waals surface area contributed by atoms with E-state index in [1.807, 2.05) is 23.5 Å². The maximum absolute atomic E-state index is 10.2. The molecule has 0 amide bonds. The van der Waals surface area contributed by atoms with E-state index in [0.29, 0.717) is 11.5 Å². The van der Waals surface area contributed by atoms with Gasteiger partial charge in [0.25, 0.3) is 0 Å². The van der Waals surface area contributed by atoms with Crippen molar-refractivity contribution >= 4 is 59.0 Å². The molecule has 0 fully saturated rings. The van der Waals surface area contributed by atoms with Crippen LogP contribution in [0, 0.1) is 0 Å². The zero-order chi connectivity index (χ0) is 15.8. The van der Waals surface area contributed by atoms with Crippen molar-refractivity contribution < 1.29 is 78.9 Å². The summed E-state index contributed by atoms with van der Waals surface area (Å²) in [5, 5.41) is 20.4. The normalized spacial score (nSPS) is 9.74. The molecule has 0 saturated carbocycles. The van der Waals surface area contributed by atoms with E-state index < -0.39 is 11.9 Å². The molecule has 0 aromatic rings. The van der Waals surface area contributed by atoms with Crippen LogP contribution in [0.15, 0.2) is 0 Å². The third kappa shape index (κ3) is 29.4. The fourth-order valence-corrected chi connectivity index (χ4v) is 5.42. The summed E-state index contributed by atoms with van der Waals surface area (Å²) in [6.07, 6.45) is 1.47. The predicted octanol–water partition coefficient (Wildman–Crippen LogP) is -5.40. The molecule has 0 heterocycles. The number of thioether (sulfide) groups is 4. The van der Waals surface area contributed by atoms with Crippen molar-refractivity contribution in [1.82, 2.24) is 0 Å². The van der Waals surface area contributed by atoms with Crippen molar-refractivity contribution in [2.24, 2.45) is 0 Å². The summed E-state index contributed by atoms with van der Waals surface area (Å²) in [6, 6.07) is 0. The van der Waals surface area contributed by atoms with Crippen molar-refractivity contribution in [2.75, 3.05) is 46.0 Å². The van der Waals surface area contributed by atoms with E-state index in [1.54, 1.807) is 23.5 Å². The standard InChI is InChI=1S/C13H24O4S4.2Na/c14-12(15)2-6-20-10-8-18-4-1-5-19-9-11-21-7-3-13(16)17;;/h1-11H2,(H,14,15)(H,16,17);;/q;2*+1/p-2. The third-order valence-electron chi connectivity index (χ3n) is 2.22. The van der Waals surface area contributed by atoms with Crippen molar-refractivity contribution in [2.45, 2.75) is 19.3 Å². The van der Waals surface area contributed by atoms with Crippen molar-refractivity contribution in [1.29, 1.82) is 0 Å². The molecule has 10 heteroatoms. The Morgan fingerprint density at radius 3 is 1.17 bits per heavy atom. The molecule has 4 nitrogen and oxygen atoms in total. The number of hydrogen-bond acceptors (Lipinski definition) is 8. The Labute approximate surface area is 200 Å². The molecule has 0 aliphatic carbocycles. The SMILES string of the molecule is O=C([O-])CCSCCSCCCSCCSCCC(=O)[O-].[Na+].[Na+]. The van der Waals surface area contributed by atoms with Crippen LogP contribution in [0.4, 0.5) is 0 Å². The molecule has 0 aromatic carbocycles. The average molecular weight is 417 g/mol. The second-order valence-electron chi connectivity index (χ2n) is 4.05. The van der Waals surface area contributed by atoms with Gasteiger partial charge in [-0.2, -0.15) is 47.0 Å². The quantitative estimate of drug-likeness (QED) is 0.182. The van der Waals surface area contributed by atoms with Crippen molar-refractivity contribution in [3.63, 3.8) is 0 Å². The van der Waals surface area contributed by atoms with Crippen LogP contribution in [0.1, 0.15) is 19.3 Å². The number of hydrogen-bond donors (Lipinski definition) is 0. The summed E-state index contributed by atoms with van der Waals surface area (Å²) in [5.41, 5.74) is 0. The summed E-state index contributed by atoms with van der Waals surface area (Å²) in [7, 11) is 0. The monoisotopic (exact) mass is 416 g/mol. The van der Waals surface area contributed by atoms with E-state index in [1.165, 1.54) is 6.42 Å². The minimum absolute atomic E-state index is 0. The van der Waals surface area contributed by atoms with Crippen LogP contribution in [0.2, 0.25) is 0 Å². The van der Waals surface area contributed by atoms with E-state index in [4.69, 9.17) is 0 Å². The van der Waals surface area contributed by atoms with Gasteiger partial charge < -0.3 is 19.8 Å². The Balaban J connectivity index is -0.00000200. The molecule has 0 aliphatic rings. The second-order valence-corrected chi connectivity index (χ2v) is 8.95. The summed E-state index contributed by atoms with van der Waals surface area (Å²) in [5.74, 6) is 5.79. The molecule has 124 valence electrons. The topological polar surface area (TPSA) is 80.3 Å². The first-order chi connectivity index (χ1) is 10.1. The van der Waals surface area contributed by atoms with Gasteiger partial charge in [0.2, 0.25) is 0 Å². The molecule has 0 spiro atoms. The van der Waals surface area contributed by atoms with Gasteiger partial charge in [0, 0.05) is 35.0 Å². The van der Waals surface area contributed by atoms with Gasteiger partial charge in [-0.3, -0.25) is 0 Å². The number of aliphatic carboxylic acids is 2. The van der Waals surface area contributed by atoms with E-state index >= 15 is 0 Å². The van der Waals surface area contributed by atoms with Crippen LogP contribution in [-0.4, -0.2) is 58.0 Å². The average Bonchev–Trinajstić information content (AvgIpc) is 2.42. The molecule has 0 aromatic heterocycles. The molecule has 0 aliphatic heterocycles. The van der Waals surface area contributed by atoms with Gasteiger partial charge in [-0.1, -0.05) is 0 Å². The Bertz CT molecular complexity index is 261. The van der Waals surface area contributed by atoms with E-state index in [9.17, 15) is 19.8 Å². The van der Waals surface area contributed by atoms with Gasteiger partial charge in [0.1, 0.15) is 0 Å². The second kappa shape index (κ2) is 24.3. The largest absolute Gasteiger partial charge is 1.00 e. The zero-order valence-corrected chi connectivity index (χ0v) is 21.3. The Kier molecular flexibility index (Phi) is 31.8. The van der Waals surface area contributed by atoms with Gasteiger partial charge in [-0.05, 0) is 42.3 Å². The Morgan fingerprint density at radius 1 is 0.565 bits per heavy atom. The van der Waals surface area contributed by atoms with Crippen LogP contribution in [0.25, 0.3) is 0 Å². The fourth-order valence-electron chi connectivity index (χ4n) is 1.22. The molecular weight excluding hydrogens is 394 g/mol. The maximum Gasteiger partial charge on any atom is 1.00 e. The van der Waals surface area contributed by atoms with Gasteiger partial charge >= 0.3 is 59.1 Å². The Hall–Kier alpha value is 2.34. The molecule has 0 saturated heterocycles. The maximum atomic E-state index is 10.2. The van der Waals surface area contributed by atoms with Gasteiger partial charge in [-0.15, -0.1) is 0 Å². The van der Waals surface area contributed by atoms with E-state index in [-0.39, 0.29) is 72.0 Å². The molecule has 23 heavy (non-hydrogen) atoms. The van der Waals surface area contributed by atoms with E-state index in [0.717, 1.165) is 34.5 Å². The van der Waals surface area contributed by atoms with Gasteiger partial charge in [0.05, 0.1) is 0 Å². The van der Waals surface area contributed by atoms with Gasteiger partial charge in [0.15, 0.2) is 0 Å². The number of carboxylic acid groups (broad SMARTS) is 2. The summed E-state index contributed by atoms with van der Waals surface area (Å²) in [4.78, 5) is 20.4. The fraction of sp³-hybridized carbons (Fsp3) is 0.846. The van der Waals surface area contributed by atoms with Crippen LogP contribution >= 0.6 is 47.0 Å². The molecule has 0 atom stereocenters. The third-order valence-corrected chi connectivity index (χ3v) is 6.85. The zero-order valence-electron chi connectivity index (χ0n) is 14.0. The first-order valence-electron chi connectivity index (χ1n) is 6.83. The van der Waals surface area contributed by atoms with Crippen LogP contribution < -0.4 is 69.3 Å². The summed E-state index contributed by atoms with van der Waals surface area (Å²) < 4.78 is 0. The number of carboxylic acids is 2. The minimum Gasteiger partial charge on any atom is -0.550 e. The number of carbonyl (C=O) groups excluding carboxylic acids is 2. The summed E-state index contributed by atoms with van der Waals surface area (Å²) >= 11 is 7.16. The first kappa shape index (κ1) is 30.1. The van der Waals surface area contributed by atoms with Crippen molar-refractivity contribution in [3.8, 4) is 0 Å². The van der Waals surface area contributed by atoms with Gasteiger partial charge in [-0.25, -0.2) is 0 Å². The number of carbonyl (C=O) groups is 2. The first-order valence-corrected chi connectivity index (χ1v) is 11.5. The summed E-state index contributed by atoms with van der Waals surface area (Å²) in [6.45, 7) is 0. The minimum atomic E-state index is -0.968. The van der Waals surface area contributed by atoms with Crippen LogP contribution in [0.3, 0.4) is 0 Å².